The lowest BCUT2D eigenvalue weighted by Crippen LogP contribution is -2.46. The molecule has 0 bridgehead atoms. The molecule has 0 spiro atoms. The van der Waals surface area contributed by atoms with E-state index in [4.69, 9.17) is 11.6 Å². The fourth-order valence-electron chi connectivity index (χ4n) is 2.42. The Morgan fingerprint density at radius 3 is 2.48 bits per heavy atom. The lowest BCUT2D eigenvalue weighted by atomic mass is 9.90. The SMILES string of the molecule is Cc1ccc(Cl)cc1NC(=O)C(C)(C)C(=O)N1CCCC1. The van der Waals surface area contributed by atoms with E-state index < -0.39 is 5.41 Å². The van der Waals surface area contributed by atoms with Crippen molar-refractivity contribution < 1.29 is 9.59 Å². The fraction of sp³-hybridized carbons (Fsp3) is 0.500. The van der Waals surface area contributed by atoms with E-state index in [9.17, 15) is 9.59 Å². The number of nitrogens with one attached hydrogen (secondary N) is 1. The second-order valence-corrected chi connectivity index (χ2v) is 6.47. The highest BCUT2D eigenvalue weighted by atomic mass is 35.5. The molecular weight excluding hydrogens is 288 g/mol. The van der Waals surface area contributed by atoms with Gasteiger partial charge in [0.2, 0.25) is 11.8 Å². The lowest BCUT2D eigenvalue weighted by Gasteiger charge is -2.28. The smallest absolute Gasteiger partial charge is 0.239 e. The van der Waals surface area contributed by atoms with Gasteiger partial charge < -0.3 is 10.2 Å². The number of carbonyl (C=O) groups is 2. The normalized spacial score (nSPS) is 15.1. The summed E-state index contributed by atoms with van der Waals surface area (Å²) in [5, 5.41) is 3.38. The van der Waals surface area contributed by atoms with Crippen molar-refractivity contribution in [2.75, 3.05) is 18.4 Å². The molecule has 0 radical (unpaired) electrons. The molecule has 0 aromatic heterocycles. The molecule has 2 amide bonds. The highest BCUT2D eigenvalue weighted by molar-refractivity contribution is 6.31. The van der Waals surface area contributed by atoms with Gasteiger partial charge in [0.25, 0.3) is 0 Å². The summed E-state index contributed by atoms with van der Waals surface area (Å²) in [6, 6.07) is 5.31. The molecule has 1 N–H and O–H groups in total. The molecule has 1 aromatic rings. The van der Waals surface area contributed by atoms with Crippen LogP contribution in [-0.2, 0) is 9.59 Å². The molecule has 114 valence electrons. The van der Waals surface area contributed by atoms with Crippen LogP contribution in [0.25, 0.3) is 0 Å². The van der Waals surface area contributed by atoms with Crippen LogP contribution in [-0.4, -0.2) is 29.8 Å². The van der Waals surface area contributed by atoms with E-state index in [1.54, 1.807) is 30.9 Å². The predicted octanol–water partition coefficient (Wildman–Crippen LogP) is 3.24. The van der Waals surface area contributed by atoms with E-state index in [1.165, 1.54) is 0 Å². The number of hydrogen-bond acceptors (Lipinski definition) is 2. The molecule has 1 aromatic carbocycles. The predicted molar refractivity (Wildman–Crippen MR) is 84.4 cm³/mol. The first kappa shape index (κ1) is 15.8. The topological polar surface area (TPSA) is 49.4 Å². The van der Waals surface area contributed by atoms with Gasteiger partial charge in [-0.2, -0.15) is 0 Å². The van der Waals surface area contributed by atoms with Crippen LogP contribution in [0, 0.1) is 12.3 Å². The first-order valence-corrected chi connectivity index (χ1v) is 7.57. The maximum Gasteiger partial charge on any atom is 0.239 e. The summed E-state index contributed by atoms with van der Waals surface area (Å²) in [4.78, 5) is 26.8. The first-order valence-electron chi connectivity index (χ1n) is 7.19. The molecule has 1 heterocycles. The number of nitrogens with zero attached hydrogens (tertiary/aromatic N) is 1. The van der Waals surface area contributed by atoms with Gasteiger partial charge in [0.1, 0.15) is 5.41 Å². The Balaban J connectivity index is 2.14. The Morgan fingerprint density at radius 2 is 1.86 bits per heavy atom. The molecule has 21 heavy (non-hydrogen) atoms. The van der Waals surface area contributed by atoms with Crippen LogP contribution in [0.5, 0.6) is 0 Å². The Kier molecular flexibility index (Phi) is 4.57. The molecule has 1 saturated heterocycles. The van der Waals surface area contributed by atoms with Crippen molar-refractivity contribution in [2.45, 2.75) is 33.6 Å². The van der Waals surface area contributed by atoms with Crippen LogP contribution >= 0.6 is 11.6 Å². The monoisotopic (exact) mass is 308 g/mol. The molecule has 0 unspecified atom stereocenters. The van der Waals surface area contributed by atoms with E-state index in [2.05, 4.69) is 5.32 Å². The summed E-state index contributed by atoms with van der Waals surface area (Å²) in [5.41, 5.74) is 0.478. The summed E-state index contributed by atoms with van der Waals surface area (Å²) < 4.78 is 0. The minimum atomic E-state index is -1.08. The summed E-state index contributed by atoms with van der Waals surface area (Å²) in [6.07, 6.45) is 2.02. The van der Waals surface area contributed by atoms with Crippen LogP contribution in [0.4, 0.5) is 5.69 Å². The van der Waals surface area contributed by atoms with Gasteiger partial charge in [-0.15, -0.1) is 0 Å². The second kappa shape index (κ2) is 6.06. The van der Waals surface area contributed by atoms with Crippen molar-refractivity contribution in [3.63, 3.8) is 0 Å². The standard InChI is InChI=1S/C16H21ClN2O2/c1-11-6-7-12(17)10-13(11)18-14(20)16(2,3)15(21)19-8-4-5-9-19/h6-7,10H,4-5,8-9H2,1-3H3,(H,18,20). The maximum absolute atomic E-state index is 12.5. The van der Waals surface area contributed by atoms with E-state index in [0.29, 0.717) is 10.7 Å². The fourth-order valence-corrected chi connectivity index (χ4v) is 2.59. The van der Waals surface area contributed by atoms with E-state index in [-0.39, 0.29) is 11.8 Å². The van der Waals surface area contributed by atoms with Gasteiger partial charge in [-0.1, -0.05) is 17.7 Å². The zero-order valence-corrected chi connectivity index (χ0v) is 13.5. The van der Waals surface area contributed by atoms with Crippen LogP contribution in [0.3, 0.4) is 0 Å². The molecule has 1 aliphatic heterocycles. The number of benzene rings is 1. The van der Waals surface area contributed by atoms with Gasteiger partial charge in [-0.05, 0) is 51.3 Å². The minimum Gasteiger partial charge on any atom is -0.342 e. The first-order chi connectivity index (χ1) is 9.82. The molecule has 1 aliphatic rings. The summed E-state index contributed by atoms with van der Waals surface area (Å²) in [5.74, 6) is -0.415. The summed E-state index contributed by atoms with van der Waals surface area (Å²) in [7, 11) is 0. The van der Waals surface area contributed by atoms with Crippen molar-refractivity contribution in [3.05, 3.63) is 28.8 Å². The number of anilines is 1. The third kappa shape index (κ3) is 3.38. The molecule has 1 fully saturated rings. The number of amides is 2. The van der Waals surface area contributed by atoms with Crippen molar-refractivity contribution in [1.29, 1.82) is 0 Å². The lowest BCUT2D eigenvalue weighted by molar-refractivity contribution is -0.145. The van der Waals surface area contributed by atoms with E-state index in [0.717, 1.165) is 31.5 Å². The van der Waals surface area contributed by atoms with Gasteiger partial charge >= 0.3 is 0 Å². The van der Waals surface area contributed by atoms with Crippen molar-refractivity contribution in [1.82, 2.24) is 4.90 Å². The number of carbonyl (C=O) groups excluding carboxylic acids is 2. The summed E-state index contributed by atoms with van der Waals surface area (Å²) in [6.45, 7) is 6.71. The Morgan fingerprint density at radius 1 is 1.24 bits per heavy atom. The van der Waals surface area contributed by atoms with Gasteiger partial charge in [0.05, 0.1) is 0 Å². The van der Waals surface area contributed by atoms with Crippen molar-refractivity contribution in [3.8, 4) is 0 Å². The molecule has 0 saturated carbocycles. The van der Waals surface area contributed by atoms with Gasteiger partial charge in [0.15, 0.2) is 0 Å². The quantitative estimate of drug-likeness (QED) is 0.872. The number of aryl methyl sites for hydroxylation is 1. The number of likely N-dealkylation sites (tertiary alicyclic amines) is 1. The number of hydrogen-bond donors (Lipinski definition) is 1. The number of halogens is 1. The van der Waals surface area contributed by atoms with E-state index >= 15 is 0 Å². The highest BCUT2D eigenvalue weighted by Gasteiger charge is 2.40. The van der Waals surface area contributed by atoms with Gasteiger partial charge in [0, 0.05) is 23.8 Å². The van der Waals surface area contributed by atoms with Gasteiger partial charge in [-0.25, -0.2) is 0 Å². The Labute approximate surface area is 130 Å². The van der Waals surface area contributed by atoms with Gasteiger partial charge in [-0.3, -0.25) is 9.59 Å². The molecular formula is C16H21ClN2O2. The maximum atomic E-state index is 12.5. The number of rotatable bonds is 3. The van der Waals surface area contributed by atoms with Crippen LogP contribution in [0.2, 0.25) is 5.02 Å². The second-order valence-electron chi connectivity index (χ2n) is 6.04. The summed E-state index contributed by atoms with van der Waals surface area (Å²) >= 11 is 5.95. The average Bonchev–Trinajstić information content (AvgIpc) is 2.95. The van der Waals surface area contributed by atoms with Crippen LogP contribution < -0.4 is 5.32 Å². The minimum absolute atomic E-state index is 0.114. The zero-order valence-electron chi connectivity index (χ0n) is 12.7. The molecule has 0 aliphatic carbocycles. The highest BCUT2D eigenvalue weighted by Crippen LogP contribution is 2.26. The zero-order chi connectivity index (χ0) is 15.6. The third-order valence-electron chi connectivity index (χ3n) is 3.94. The van der Waals surface area contributed by atoms with Crippen molar-refractivity contribution in [2.24, 2.45) is 5.41 Å². The molecule has 0 atom stereocenters. The van der Waals surface area contributed by atoms with Crippen molar-refractivity contribution >= 4 is 29.1 Å². The largest absolute Gasteiger partial charge is 0.342 e. The Bertz CT molecular complexity index is 563. The molecule has 4 nitrogen and oxygen atoms in total. The van der Waals surface area contributed by atoms with Crippen LogP contribution in [0.1, 0.15) is 32.3 Å². The van der Waals surface area contributed by atoms with Crippen LogP contribution in [0.15, 0.2) is 18.2 Å². The average molecular weight is 309 g/mol. The molecule has 2 rings (SSSR count). The third-order valence-corrected chi connectivity index (χ3v) is 4.18. The van der Waals surface area contributed by atoms with E-state index in [1.807, 2.05) is 13.0 Å². The molecule has 5 heteroatoms. The Hall–Kier alpha value is -1.55.